The zero-order chi connectivity index (χ0) is 23.8. The summed E-state index contributed by atoms with van der Waals surface area (Å²) >= 11 is 0. The first-order valence-electron chi connectivity index (χ1n) is 11.4. The monoisotopic (exact) mass is 450 g/mol. The Morgan fingerprint density at radius 1 is 0.970 bits per heavy atom. The molecule has 0 saturated carbocycles. The van der Waals surface area contributed by atoms with Gasteiger partial charge in [0.2, 0.25) is 5.91 Å². The predicted molar refractivity (Wildman–Crippen MR) is 128 cm³/mol. The van der Waals surface area contributed by atoms with Crippen LogP contribution in [-0.2, 0) is 16.1 Å². The number of ether oxygens (including phenoxy) is 1. The second-order valence-electron chi connectivity index (χ2n) is 8.16. The number of nitrogens with one attached hydrogen (secondary N) is 1. The average molecular weight is 451 g/mol. The topological polar surface area (TPSA) is 58.6 Å². The number of nitrogens with zero attached hydrogens (tertiary/aromatic N) is 1. The maximum absolute atomic E-state index is 13.4. The number of hydrogen-bond acceptors (Lipinski definition) is 3. The lowest BCUT2D eigenvalue weighted by Crippen LogP contribution is -2.51. The number of carbonyl (C=O) groups excluding carboxylic acids is 2. The molecule has 0 aliphatic heterocycles. The molecule has 2 amide bonds. The second kappa shape index (κ2) is 11.5. The Hall–Kier alpha value is -3.41. The third-order valence-electron chi connectivity index (χ3n) is 5.75. The molecule has 0 aliphatic rings. The lowest BCUT2D eigenvalue weighted by molar-refractivity contribution is -0.143. The van der Waals surface area contributed by atoms with Crippen LogP contribution in [0, 0.1) is 5.82 Å². The van der Waals surface area contributed by atoms with E-state index in [0.717, 1.165) is 22.8 Å². The Balaban J connectivity index is 1.82. The van der Waals surface area contributed by atoms with Crippen LogP contribution in [0.3, 0.4) is 0 Å². The van der Waals surface area contributed by atoms with Gasteiger partial charge in [-0.2, -0.15) is 0 Å². The van der Waals surface area contributed by atoms with Crippen molar-refractivity contribution in [2.24, 2.45) is 0 Å². The largest absolute Gasteiger partial charge is 0.483 e. The van der Waals surface area contributed by atoms with Gasteiger partial charge in [0.25, 0.3) is 5.91 Å². The molecule has 0 saturated heterocycles. The van der Waals surface area contributed by atoms with Crippen LogP contribution in [0.5, 0.6) is 5.75 Å². The molecule has 5 nitrogen and oxygen atoms in total. The van der Waals surface area contributed by atoms with Crippen LogP contribution in [-0.4, -0.2) is 35.4 Å². The Kier molecular flexibility index (Phi) is 8.41. The van der Waals surface area contributed by atoms with E-state index in [1.165, 1.54) is 17.0 Å². The summed E-state index contributed by atoms with van der Waals surface area (Å²) in [5.74, 6) is -0.247. The number of fused-ring (bicyclic) bond motifs is 1. The van der Waals surface area contributed by atoms with Crippen LogP contribution >= 0.6 is 0 Å². The van der Waals surface area contributed by atoms with E-state index in [1.807, 2.05) is 63.2 Å². The van der Waals surface area contributed by atoms with Gasteiger partial charge in [-0.05, 0) is 48.9 Å². The summed E-state index contributed by atoms with van der Waals surface area (Å²) in [4.78, 5) is 27.8. The molecule has 0 unspecified atom stereocenters. The molecule has 0 bridgehead atoms. The molecular weight excluding hydrogens is 419 g/mol. The van der Waals surface area contributed by atoms with Gasteiger partial charge in [-0.3, -0.25) is 9.59 Å². The van der Waals surface area contributed by atoms with Crippen molar-refractivity contribution in [3.8, 4) is 5.75 Å². The fourth-order valence-electron chi connectivity index (χ4n) is 3.69. The van der Waals surface area contributed by atoms with Crippen molar-refractivity contribution in [2.45, 2.75) is 52.2 Å². The molecule has 0 heterocycles. The third kappa shape index (κ3) is 6.31. The van der Waals surface area contributed by atoms with E-state index in [9.17, 15) is 14.0 Å². The van der Waals surface area contributed by atoms with Gasteiger partial charge < -0.3 is 15.0 Å². The summed E-state index contributed by atoms with van der Waals surface area (Å²) in [5, 5.41) is 4.91. The zero-order valence-electron chi connectivity index (χ0n) is 19.4. The first-order valence-corrected chi connectivity index (χ1v) is 11.4. The highest BCUT2D eigenvalue weighted by Gasteiger charge is 2.29. The Labute approximate surface area is 194 Å². The van der Waals surface area contributed by atoms with Crippen LogP contribution in [0.4, 0.5) is 4.39 Å². The third-order valence-corrected chi connectivity index (χ3v) is 5.75. The summed E-state index contributed by atoms with van der Waals surface area (Å²) in [7, 11) is 0. The van der Waals surface area contributed by atoms with Crippen molar-refractivity contribution in [2.75, 3.05) is 6.61 Å². The van der Waals surface area contributed by atoms with E-state index in [0.29, 0.717) is 12.2 Å². The maximum Gasteiger partial charge on any atom is 0.261 e. The molecule has 6 heteroatoms. The minimum absolute atomic E-state index is 0.00116. The molecule has 1 N–H and O–H groups in total. The van der Waals surface area contributed by atoms with Gasteiger partial charge in [-0.25, -0.2) is 4.39 Å². The molecule has 3 rings (SSSR count). The van der Waals surface area contributed by atoms with Crippen LogP contribution in [0.2, 0.25) is 0 Å². The fraction of sp³-hybridized carbons (Fsp3) is 0.333. The normalized spacial score (nSPS) is 12.7. The smallest absolute Gasteiger partial charge is 0.261 e. The quantitative estimate of drug-likeness (QED) is 0.469. The molecule has 3 aromatic rings. The number of benzene rings is 3. The minimum atomic E-state index is -0.660. The Morgan fingerprint density at radius 3 is 2.36 bits per heavy atom. The van der Waals surface area contributed by atoms with E-state index in [-0.39, 0.29) is 36.8 Å². The molecule has 0 aliphatic carbocycles. The van der Waals surface area contributed by atoms with Crippen molar-refractivity contribution in [1.82, 2.24) is 10.2 Å². The van der Waals surface area contributed by atoms with E-state index >= 15 is 0 Å². The SMILES string of the molecule is CC[C@H](C(=O)N[C@@H](C)CC)N(Cc1ccc(F)cc1)C(=O)COc1cccc2ccccc12. The summed E-state index contributed by atoms with van der Waals surface area (Å²) in [6.45, 7) is 5.77. The van der Waals surface area contributed by atoms with Gasteiger partial charge in [0, 0.05) is 18.0 Å². The van der Waals surface area contributed by atoms with Crippen molar-refractivity contribution >= 4 is 22.6 Å². The van der Waals surface area contributed by atoms with E-state index in [2.05, 4.69) is 5.32 Å². The van der Waals surface area contributed by atoms with E-state index in [1.54, 1.807) is 12.1 Å². The van der Waals surface area contributed by atoms with Gasteiger partial charge in [-0.1, -0.05) is 62.4 Å². The van der Waals surface area contributed by atoms with Gasteiger partial charge >= 0.3 is 0 Å². The van der Waals surface area contributed by atoms with Crippen LogP contribution in [0.15, 0.2) is 66.7 Å². The van der Waals surface area contributed by atoms with Gasteiger partial charge in [0.1, 0.15) is 17.6 Å². The van der Waals surface area contributed by atoms with Crippen LogP contribution < -0.4 is 10.1 Å². The first-order chi connectivity index (χ1) is 15.9. The van der Waals surface area contributed by atoms with Crippen molar-refractivity contribution < 1.29 is 18.7 Å². The first kappa shape index (κ1) is 24.2. The molecular formula is C27H31FN2O3. The lowest BCUT2D eigenvalue weighted by Gasteiger charge is -2.31. The van der Waals surface area contributed by atoms with Gasteiger partial charge in [0.15, 0.2) is 6.61 Å². The van der Waals surface area contributed by atoms with Crippen molar-refractivity contribution in [1.29, 1.82) is 0 Å². The molecule has 0 spiro atoms. The highest BCUT2D eigenvalue weighted by Crippen LogP contribution is 2.25. The molecule has 2 atom stereocenters. The fourth-order valence-corrected chi connectivity index (χ4v) is 3.69. The second-order valence-corrected chi connectivity index (χ2v) is 8.16. The predicted octanol–water partition coefficient (Wildman–Crippen LogP) is 5.08. The number of amides is 2. The highest BCUT2D eigenvalue weighted by atomic mass is 19.1. The summed E-state index contributed by atoms with van der Waals surface area (Å²) in [6, 6.07) is 18.8. The van der Waals surface area contributed by atoms with E-state index in [4.69, 9.17) is 4.74 Å². The number of rotatable bonds is 10. The molecule has 0 radical (unpaired) electrons. The van der Waals surface area contributed by atoms with Crippen molar-refractivity contribution in [3.63, 3.8) is 0 Å². The van der Waals surface area contributed by atoms with Crippen LogP contribution in [0.25, 0.3) is 10.8 Å². The standard InChI is InChI=1S/C27H31FN2O3/c1-4-19(3)29-27(32)24(5-2)30(17-20-13-15-22(28)16-14-20)26(31)18-33-25-12-8-10-21-9-6-7-11-23(21)25/h6-16,19,24H,4-5,17-18H2,1-3H3,(H,29,32)/t19-,24+/m0/s1. The van der Waals surface area contributed by atoms with Crippen molar-refractivity contribution in [3.05, 3.63) is 78.1 Å². The highest BCUT2D eigenvalue weighted by molar-refractivity contribution is 5.90. The van der Waals surface area contributed by atoms with E-state index < -0.39 is 6.04 Å². The van der Waals surface area contributed by atoms with Crippen LogP contribution in [0.1, 0.15) is 39.2 Å². The minimum Gasteiger partial charge on any atom is -0.483 e. The average Bonchev–Trinajstić information content (AvgIpc) is 2.83. The molecule has 3 aromatic carbocycles. The lowest BCUT2D eigenvalue weighted by atomic mass is 10.1. The summed E-state index contributed by atoms with van der Waals surface area (Å²) in [5.41, 5.74) is 0.740. The molecule has 33 heavy (non-hydrogen) atoms. The maximum atomic E-state index is 13.4. The summed E-state index contributed by atoms with van der Waals surface area (Å²) in [6.07, 6.45) is 1.24. The molecule has 0 aromatic heterocycles. The molecule has 0 fully saturated rings. The number of carbonyl (C=O) groups is 2. The zero-order valence-corrected chi connectivity index (χ0v) is 19.4. The Bertz CT molecular complexity index is 1080. The Morgan fingerprint density at radius 2 is 1.67 bits per heavy atom. The summed E-state index contributed by atoms with van der Waals surface area (Å²) < 4.78 is 19.3. The molecule has 174 valence electrons. The van der Waals surface area contributed by atoms with Gasteiger partial charge in [0.05, 0.1) is 0 Å². The number of hydrogen-bond donors (Lipinski definition) is 1. The number of halogens is 1. The van der Waals surface area contributed by atoms with Gasteiger partial charge in [-0.15, -0.1) is 0 Å².